The summed E-state index contributed by atoms with van der Waals surface area (Å²) >= 11 is 6.96. The Bertz CT molecular complexity index is 335. The van der Waals surface area contributed by atoms with Gasteiger partial charge >= 0.3 is 0 Å². The molecule has 0 aliphatic carbocycles. The summed E-state index contributed by atoms with van der Waals surface area (Å²) in [5.41, 5.74) is 0. The molecule has 0 radical (unpaired) electrons. The van der Waals surface area contributed by atoms with E-state index in [0.717, 1.165) is 6.29 Å². The Morgan fingerprint density at radius 3 is 2.93 bits per heavy atom. The van der Waals surface area contributed by atoms with Gasteiger partial charge < -0.3 is 9.53 Å². The smallest absolute Gasteiger partial charge is 0.218 e. The Morgan fingerprint density at radius 2 is 2.36 bits per heavy atom. The molecule has 1 aromatic heterocycles. The van der Waals surface area contributed by atoms with E-state index < -0.39 is 0 Å². The lowest BCUT2D eigenvalue weighted by Gasteiger charge is -2.04. The monoisotopic (exact) mass is 232 g/mol. The molecule has 0 aliphatic heterocycles. The molecule has 76 valence electrons. The number of hydrogen-bond acceptors (Lipinski definition) is 5. The van der Waals surface area contributed by atoms with Crippen LogP contribution in [0.3, 0.4) is 0 Å². The van der Waals surface area contributed by atoms with E-state index in [4.69, 9.17) is 16.3 Å². The first kappa shape index (κ1) is 11.3. The molecule has 6 heteroatoms. The maximum atomic E-state index is 10.4. The van der Waals surface area contributed by atoms with Crippen molar-refractivity contribution in [2.75, 3.05) is 7.11 Å². The zero-order valence-corrected chi connectivity index (χ0v) is 9.30. The van der Waals surface area contributed by atoms with Crippen molar-refractivity contribution in [3.63, 3.8) is 0 Å². The summed E-state index contributed by atoms with van der Waals surface area (Å²) in [7, 11) is 1.50. The van der Waals surface area contributed by atoms with Gasteiger partial charge in [-0.3, -0.25) is 0 Å². The summed E-state index contributed by atoms with van der Waals surface area (Å²) < 4.78 is 4.91. The minimum absolute atomic E-state index is 0.196. The molecule has 0 spiro atoms. The maximum Gasteiger partial charge on any atom is 0.218 e. The molecule has 0 aromatic carbocycles. The minimum Gasteiger partial charge on any atom is -0.481 e. The molecular weight excluding hydrogens is 224 g/mol. The second-order valence-electron chi connectivity index (χ2n) is 2.47. The summed E-state index contributed by atoms with van der Waals surface area (Å²) in [6.45, 7) is 1.76. The van der Waals surface area contributed by atoms with E-state index in [0.29, 0.717) is 16.2 Å². The number of aldehydes is 1. The Labute approximate surface area is 91.0 Å². The third-order valence-corrected chi connectivity index (χ3v) is 2.41. The van der Waals surface area contributed by atoms with Crippen LogP contribution in [-0.2, 0) is 4.79 Å². The van der Waals surface area contributed by atoms with E-state index >= 15 is 0 Å². The van der Waals surface area contributed by atoms with E-state index in [2.05, 4.69) is 9.97 Å². The number of hydrogen-bond donors (Lipinski definition) is 0. The van der Waals surface area contributed by atoms with Gasteiger partial charge in [0.2, 0.25) is 5.88 Å². The fraction of sp³-hybridized carbons (Fsp3) is 0.375. The Balaban J connectivity index is 2.86. The summed E-state index contributed by atoms with van der Waals surface area (Å²) in [4.78, 5) is 18.4. The van der Waals surface area contributed by atoms with Crippen molar-refractivity contribution in [1.82, 2.24) is 9.97 Å². The molecule has 1 heterocycles. The van der Waals surface area contributed by atoms with E-state index in [1.165, 1.54) is 24.9 Å². The highest BCUT2D eigenvalue weighted by Crippen LogP contribution is 2.22. The van der Waals surface area contributed by atoms with Gasteiger partial charge in [0.05, 0.1) is 12.4 Å². The van der Waals surface area contributed by atoms with Crippen molar-refractivity contribution in [2.24, 2.45) is 0 Å². The molecule has 0 N–H and O–H groups in total. The van der Waals surface area contributed by atoms with Crippen LogP contribution < -0.4 is 4.74 Å². The largest absolute Gasteiger partial charge is 0.481 e. The number of aromatic nitrogens is 2. The fourth-order valence-corrected chi connectivity index (χ4v) is 1.63. The van der Waals surface area contributed by atoms with Gasteiger partial charge in [0.15, 0.2) is 5.16 Å². The fourth-order valence-electron chi connectivity index (χ4n) is 0.728. The van der Waals surface area contributed by atoms with Crippen molar-refractivity contribution in [2.45, 2.75) is 17.3 Å². The summed E-state index contributed by atoms with van der Waals surface area (Å²) in [6.07, 6.45) is 0.821. The average molecular weight is 233 g/mol. The number of methoxy groups -OCH3 is 1. The Hall–Kier alpha value is -0.810. The standard InChI is InChI=1S/C8H9ClN2O2S/c1-5(4-12)14-8-10-6(9)3-7(11-8)13-2/h3-5H,1-2H3. The zero-order chi connectivity index (χ0) is 10.6. The van der Waals surface area contributed by atoms with Crippen LogP contribution in [-0.4, -0.2) is 28.6 Å². The molecular formula is C8H9ClN2O2S. The second-order valence-corrected chi connectivity index (χ2v) is 4.21. The number of halogens is 1. The predicted molar refractivity (Wildman–Crippen MR) is 55.0 cm³/mol. The Morgan fingerprint density at radius 1 is 1.64 bits per heavy atom. The molecule has 1 unspecified atom stereocenters. The predicted octanol–water partition coefficient (Wildman–Crippen LogP) is 1.82. The van der Waals surface area contributed by atoms with Crippen LogP contribution in [0.1, 0.15) is 6.92 Å². The number of nitrogens with zero attached hydrogens (tertiary/aromatic N) is 2. The quantitative estimate of drug-likeness (QED) is 0.343. The van der Waals surface area contributed by atoms with Gasteiger partial charge in [0.1, 0.15) is 11.4 Å². The van der Waals surface area contributed by atoms with Crippen LogP contribution in [0.15, 0.2) is 11.2 Å². The Kier molecular flexibility index (Phi) is 4.16. The van der Waals surface area contributed by atoms with E-state index in [-0.39, 0.29) is 5.25 Å². The van der Waals surface area contributed by atoms with Gasteiger partial charge in [0.25, 0.3) is 0 Å². The molecule has 4 nitrogen and oxygen atoms in total. The highest BCUT2D eigenvalue weighted by molar-refractivity contribution is 8.00. The number of carbonyl (C=O) groups excluding carboxylic acids is 1. The van der Waals surface area contributed by atoms with Gasteiger partial charge in [-0.05, 0) is 6.92 Å². The molecule has 0 saturated heterocycles. The van der Waals surface area contributed by atoms with Crippen molar-refractivity contribution in [1.29, 1.82) is 0 Å². The highest BCUT2D eigenvalue weighted by atomic mass is 35.5. The normalized spacial score (nSPS) is 12.2. The number of thioether (sulfide) groups is 1. The molecule has 1 rings (SSSR count). The maximum absolute atomic E-state index is 10.4. The first-order chi connectivity index (χ1) is 6.65. The van der Waals surface area contributed by atoms with Crippen molar-refractivity contribution >= 4 is 29.6 Å². The van der Waals surface area contributed by atoms with Crippen LogP contribution in [0.25, 0.3) is 0 Å². The van der Waals surface area contributed by atoms with Crippen LogP contribution in [0.2, 0.25) is 5.15 Å². The topological polar surface area (TPSA) is 52.1 Å². The third kappa shape index (κ3) is 3.16. The van der Waals surface area contributed by atoms with Gasteiger partial charge in [-0.15, -0.1) is 0 Å². The van der Waals surface area contributed by atoms with Crippen LogP contribution >= 0.6 is 23.4 Å². The van der Waals surface area contributed by atoms with Crippen molar-refractivity contribution in [3.05, 3.63) is 11.2 Å². The number of ether oxygens (including phenoxy) is 1. The second kappa shape index (κ2) is 5.17. The molecule has 1 atom stereocenters. The lowest BCUT2D eigenvalue weighted by atomic mass is 10.5. The van der Waals surface area contributed by atoms with E-state index in [9.17, 15) is 4.79 Å². The molecule has 14 heavy (non-hydrogen) atoms. The van der Waals surface area contributed by atoms with Gasteiger partial charge in [0, 0.05) is 6.07 Å². The van der Waals surface area contributed by atoms with Crippen LogP contribution in [0, 0.1) is 0 Å². The van der Waals surface area contributed by atoms with Gasteiger partial charge in [-0.2, -0.15) is 4.98 Å². The SMILES string of the molecule is COc1cc(Cl)nc(SC(C)C=O)n1. The number of rotatable bonds is 4. The first-order valence-electron chi connectivity index (χ1n) is 3.86. The van der Waals surface area contributed by atoms with Crippen LogP contribution in [0.4, 0.5) is 0 Å². The zero-order valence-electron chi connectivity index (χ0n) is 7.73. The average Bonchev–Trinajstić information content (AvgIpc) is 2.16. The van der Waals surface area contributed by atoms with E-state index in [1.54, 1.807) is 6.92 Å². The summed E-state index contributed by atoms with van der Waals surface area (Å²) in [6, 6.07) is 1.51. The molecule has 0 bridgehead atoms. The highest BCUT2D eigenvalue weighted by Gasteiger charge is 2.08. The first-order valence-corrected chi connectivity index (χ1v) is 5.12. The molecule has 0 amide bonds. The molecule has 0 aliphatic rings. The summed E-state index contributed by atoms with van der Waals surface area (Å²) in [5.74, 6) is 0.394. The lowest BCUT2D eigenvalue weighted by molar-refractivity contribution is -0.107. The third-order valence-electron chi connectivity index (χ3n) is 1.34. The van der Waals surface area contributed by atoms with Crippen LogP contribution in [0.5, 0.6) is 5.88 Å². The van der Waals surface area contributed by atoms with Crippen molar-refractivity contribution in [3.8, 4) is 5.88 Å². The van der Waals surface area contributed by atoms with Gasteiger partial charge in [-0.1, -0.05) is 23.4 Å². The summed E-state index contributed by atoms with van der Waals surface area (Å²) in [5, 5.41) is 0.546. The molecule has 1 aromatic rings. The molecule has 0 saturated carbocycles. The van der Waals surface area contributed by atoms with E-state index in [1.807, 2.05) is 0 Å². The van der Waals surface area contributed by atoms with Gasteiger partial charge in [-0.25, -0.2) is 4.98 Å². The van der Waals surface area contributed by atoms with Crippen molar-refractivity contribution < 1.29 is 9.53 Å². The molecule has 0 fully saturated rings. The lowest BCUT2D eigenvalue weighted by Crippen LogP contribution is -2.00. The minimum atomic E-state index is -0.196. The number of carbonyl (C=O) groups is 1.